The van der Waals surface area contributed by atoms with Gasteiger partial charge >= 0.3 is 0 Å². The molecule has 1 aliphatic rings. The minimum atomic E-state index is -0.174. The smallest absolute Gasteiger partial charge is 0.227 e. The lowest BCUT2D eigenvalue weighted by Gasteiger charge is -2.32. The molecule has 1 aromatic carbocycles. The fraction of sp³-hybridized carbons (Fsp3) is 0.474. The van der Waals surface area contributed by atoms with Gasteiger partial charge in [0.1, 0.15) is 5.82 Å². The molecule has 4 nitrogen and oxygen atoms in total. The minimum absolute atomic E-state index is 0.174. The highest BCUT2D eigenvalue weighted by Crippen LogP contribution is 2.23. The third-order valence-corrected chi connectivity index (χ3v) is 5.06. The van der Waals surface area contributed by atoms with Crippen molar-refractivity contribution >= 4 is 5.91 Å². The first-order valence-corrected chi connectivity index (χ1v) is 8.52. The molecule has 5 heteroatoms. The summed E-state index contributed by atoms with van der Waals surface area (Å²) in [6, 6.07) is 6.83. The van der Waals surface area contributed by atoms with E-state index < -0.39 is 0 Å². The highest BCUT2D eigenvalue weighted by molar-refractivity contribution is 5.79. The summed E-state index contributed by atoms with van der Waals surface area (Å²) in [5.41, 5.74) is 3.10. The number of benzene rings is 1. The summed E-state index contributed by atoms with van der Waals surface area (Å²) in [4.78, 5) is 14.4. The zero-order chi connectivity index (χ0) is 17.1. The van der Waals surface area contributed by atoms with Gasteiger partial charge in [-0.3, -0.25) is 9.48 Å². The van der Waals surface area contributed by atoms with Crippen LogP contribution in [0.1, 0.15) is 29.7 Å². The summed E-state index contributed by atoms with van der Waals surface area (Å²) in [6.07, 6.45) is 5.06. The minimum Gasteiger partial charge on any atom is -0.342 e. The van der Waals surface area contributed by atoms with Crippen LogP contribution < -0.4 is 0 Å². The molecule has 0 saturated carbocycles. The van der Waals surface area contributed by atoms with Crippen LogP contribution in [-0.2, 0) is 24.7 Å². The van der Waals surface area contributed by atoms with Crippen molar-refractivity contribution in [3.05, 3.63) is 53.1 Å². The van der Waals surface area contributed by atoms with Crippen LogP contribution in [0, 0.1) is 18.7 Å². The first-order chi connectivity index (χ1) is 11.5. The highest BCUT2D eigenvalue weighted by atomic mass is 19.1. The van der Waals surface area contributed by atoms with Gasteiger partial charge in [-0.25, -0.2) is 4.39 Å². The van der Waals surface area contributed by atoms with Gasteiger partial charge < -0.3 is 4.90 Å². The molecule has 0 spiro atoms. The molecular formula is C19H24FN3O. The Bertz CT molecular complexity index is 717. The van der Waals surface area contributed by atoms with Crippen LogP contribution >= 0.6 is 0 Å². The van der Waals surface area contributed by atoms with Crippen molar-refractivity contribution in [3.8, 4) is 0 Å². The number of halogens is 1. The predicted molar refractivity (Wildman–Crippen MR) is 91.1 cm³/mol. The molecule has 1 saturated heterocycles. The van der Waals surface area contributed by atoms with Crippen molar-refractivity contribution in [3.63, 3.8) is 0 Å². The Morgan fingerprint density at radius 1 is 1.33 bits per heavy atom. The number of piperidine rings is 1. The Morgan fingerprint density at radius 3 is 2.71 bits per heavy atom. The van der Waals surface area contributed by atoms with Gasteiger partial charge in [0, 0.05) is 31.4 Å². The van der Waals surface area contributed by atoms with Crippen molar-refractivity contribution in [2.45, 2.75) is 32.6 Å². The first-order valence-electron chi connectivity index (χ1n) is 8.52. The van der Waals surface area contributed by atoms with Gasteiger partial charge in [0.2, 0.25) is 5.91 Å². The topological polar surface area (TPSA) is 38.1 Å². The summed E-state index contributed by atoms with van der Waals surface area (Å²) in [5.74, 6) is 0.526. The average Bonchev–Trinajstić information content (AvgIpc) is 2.87. The molecule has 2 aromatic rings. The second kappa shape index (κ2) is 7.16. The normalized spacial score (nSPS) is 15.7. The molecule has 128 valence electrons. The van der Waals surface area contributed by atoms with Crippen LogP contribution in [0.4, 0.5) is 4.39 Å². The second-order valence-electron chi connectivity index (χ2n) is 6.71. The largest absolute Gasteiger partial charge is 0.342 e. The lowest BCUT2D eigenvalue weighted by atomic mass is 9.90. The Hall–Kier alpha value is -2.17. The van der Waals surface area contributed by atoms with Crippen LogP contribution in [0.25, 0.3) is 0 Å². The van der Waals surface area contributed by atoms with E-state index in [0.717, 1.165) is 49.2 Å². The summed E-state index contributed by atoms with van der Waals surface area (Å²) in [5, 5.41) is 4.20. The Morgan fingerprint density at radius 2 is 2.08 bits per heavy atom. The van der Waals surface area contributed by atoms with Gasteiger partial charge in [0.25, 0.3) is 0 Å². The molecule has 0 aliphatic carbocycles. The lowest BCUT2D eigenvalue weighted by Crippen LogP contribution is -2.39. The molecule has 1 aromatic heterocycles. The zero-order valence-electron chi connectivity index (χ0n) is 14.3. The SMILES string of the molecule is Cc1c(CC(=O)N2CCC(Cc3cccc(F)c3)CC2)cnn1C. The molecule has 24 heavy (non-hydrogen) atoms. The Labute approximate surface area is 142 Å². The average molecular weight is 329 g/mol. The number of aromatic nitrogens is 2. The molecule has 0 radical (unpaired) electrons. The number of amides is 1. The van der Waals surface area contributed by atoms with E-state index in [-0.39, 0.29) is 11.7 Å². The molecule has 0 unspecified atom stereocenters. The maximum Gasteiger partial charge on any atom is 0.227 e. The maximum atomic E-state index is 13.3. The quantitative estimate of drug-likeness (QED) is 0.865. The number of hydrogen-bond acceptors (Lipinski definition) is 2. The second-order valence-corrected chi connectivity index (χ2v) is 6.71. The summed E-state index contributed by atoms with van der Waals surface area (Å²) < 4.78 is 15.1. The lowest BCUT2D eigenvalue weighted by molar-refractivity contribution is -0.131. The van der Waals surface area contributed by atoms with E-state index in [1.165, 1.54) is 6.07 Å². The zero-order valence-corrected chi connectivity index (χ0v) is 14.3. The first kappa shape index (κ1) is 16.7. The monoisotopic (exact) mass is 329 g/mol. The summed E-state index contributed by atoms with van der Waals surface area (Å²) in [6.45, 7) is 3.57. The van der Waals surface area contributed by atoms with Crippen LogP contribution in [0.5, 0.6) is 0 Å². The highest BCUT2D eigenvalue weighted by Gasteiger charge is 2.23. The molecule has 0 bridgehead atoms. The van der Waals surface area contributed by atoms with E-state index in [1.54, 1.807) is 23.0 Å². The van der Waals surface area contributed by atoms with Gasteiger partial charge in [-0.1, -0.05) is 12.1 Å². The molecule has 3 rings (SSSR count). The van der Waals surface area contributed by atoms with E-state index >= 15 is 0 Å². The summed E-state index contributed by atoms with van der Waals surface area (Å²) >= 11 is 0. The Balaban J connectivity index is 1.51. The van der Waals surface area contributed by atoms with Crippen LogP contribution in [0.2, 0.25) is 0 Å². The third-order valence-electron chi connectivity index (χ3n) is 5.06. The third kappa shape index (κ3) is 3.83. The molecule has 1 fully saturated rings. The number of likely N-dealkylation sites (tertiary alicyclic amines) is 1. The molecule has 1 amide bonds. The van der Waals surface area contributed by atoms with Crippen molar-refractivity contribution in [1.29, 1.82) is 0 Å². The van der Waals surface area contributed by atoms with E-state index in [1.807, 2.05) is 24.9 Å². The van der Waals surface area contributed by atoms with Crippen molar-refractivity contribution < 1.29 is 9.18 Å². The number of nitrogens with zero attached hydrogens (tertiary/aromatic N) is 3. The van der Waals surface area contributed by atoms with Gasteiger partial charge in [-0.15, -0.1) is 0 Å². The van der Waals surface area contributed by atoms with E-state index in [0.29, 0.717) is 12.3 Å². The van der Waals surface area contributed by atoms with Gasteiger partial charge in [-0.2, -0.15) is 5.10 Å². The number of hydrogen-bond donors (Lipinski definition) is 0. The van der Waals surface area contributed by atoms with Crippen LogP contribution in [-0.4, -0.2) is 33.7 Å². The number of rotatable bonds is 4. The fourth-order valence-electron chi connectivity index (χ4n) is 3.38. The van der Waals surface area contributed by atoms with Crippen molar-refractivity contribution in [1.82, 2.24) is 14.7 Å². The van der Waals surface area contributed by atoms with E-state index in [2.05, 4.69) is 5.10 Å². The summed E-state index contributed by atoms with van der Waals surface area (Å²) in [7, 11) is 1.89. The van der Waals surface area contributed by atoms with Crippen molar-refractivity contribution in [2.24, 2.45) is 13.0 Å². The molecule has 2 heterocycles. The van der Waals surface area contributed by atoms with Crippen molar-refractivity contribution in [2.75, 3.05) is 13.1 Å². The van der Waals surface area contributed by atoms with E-state index in [4.69, 9.17) is 0 Å². The molecule has 0 atom stereocenters. The van der Waals surface area contributed by atoms with Gasteiger partial charge in [0.15, 0.2) is 0 Å². The maximum absolute atomic E-state index is 13.3. The van der Waals surface area contributed by atoms with Gasteiger partial charge in [-0.05, 0) is 49.8 Å². The standard InChI is InChI=1S/C19H24FN3O/c1-14-17(13-21-22(14)2)12-19(24)23-8-6-15(7-9-23)10-16-4-3-5-18(20)11-16/h3-5,11,13,15H,6-10,12H2,1-2H3. The number of carbonyl (C=O) groups is 1. The van der Waals surface area contributed by atoms with Crippen LogP contribution in [0.3, 0.4) is 0 Å². The molecule has 0 N–H and O–H groups in total. The number of aryl methyl sites for hydroxylation is 1. The number of carbonyl (C=O) groups excluding carboxylic acids is 1. The van der Waals surface area contributed by atoms with E-state index in [9.17, 15) is 9.18 Å². The van der Waals surface area contributed by atoms with Crippen LogP contribution in [0.15, 0.2) is 30.5 Å². The molecular weight excluding hydrogens is 305 g/mol. The Kier molecular flexibility index (Phi) is 4.97. The molecule has 1 aliphatic heterocycles. The fourth-order valence-corrected chi connectivity index (χ4v) is 3.38. The van der Waals surface area contributed by atoms with Gasteiger partial charge in [0.05, 0.1) is 12.6 Å². The predicted octanol–water partition coefficient (Wildman–Crippen LogP) is 2.89.